The molecule has 0 bridgehead atoms. The maximum absolute atomic E-state index is 12.8. The fourth-order valence-corrected chi connectivity index (χ4v) is 3.50. The van der Waals surface area contributed by atoms with Gasteiger partial charge in [0.15, 0.2) is 0 Å². The van der Waals surface area contributed by atoms with Crippen molar-refractivity contribution in [1.29, 1.82) is 0 Å². The first-order chi connectivity index (χ1) is 12.6. The third kappa shape index (κ3) is 4.64. The Hall–Kier alpha value is -2.33. The number of nitrogens with zero attached hydrogens (tertiary/aromatic N) is 1. The highest BCUT2D eigenvalue weighted by atomic mass is 16.5. The molecular formula is C22H28N2O2. The molecule has 1 unspecified atom stereocenters. The molecule has 0 spiro atoms. The number of hydrogen-bond donors (Lipinski definition) is 1. The van der Waals surface area contributed by atoms with Crippen LogP contribution in [0.4, 0.5) is 11.4 Å². The van der Waals surface area contributed by atoms with E-state index < -0.39 is 0 Å². The molecule has 1 heterocycles. The molecular weight excluding hydrogens is 324 g/mol. The van der Waals surface area contributed by atoms with Gasteiger partial charge in [0.2, 0.25) is 5.91 Å². The maximum Gasteiger partial charge on any atom is 0.225 e. The van der Waals surface area contributed by atoms with Crippen LogP contribution < -0.4 is 10.2 Å². The number of carbonyl (C=O) groups is 1. The molecule has 0 aliphatic carbocycles. The van der Waals surface area contributed by atoms with E-state index in [1.807, 2.05) is 36.4 Å². The van der Waals surface area contributed by atoms with Gasteiger partial charge in [-0.2, -0.15) is 0 Å². The second-order valence-corrected chi connectivity index (χ2v) is 7.13. The van der Waals surface area contributed by atoms with Gasteiger partial charge in [-0.25, -0.2) is 0 Å². The summed E-state index contributed by atoms with van der Waals surface area (Å²) in [4.78, 5) is 15.1. The molecule has 1 amide bonds. The van der Waals surface area contributed by atoms with Crippen LogP contribution in [0.3, 0.4) is 0 Å². The Morgan fingerprint density at radius 3 is 2.38 bits per heavy atom. The van der Waals surface area contributed by atoms with Gasteiger partial charge in [-0.15, -0.1) is 0 Å². The molecule has 1 aliphatic rings. The van der Waals surface area contributed by atoms with Crippen LogP contribution in [0.2, 0.25) is 0 Å². The van der Waals surface area contributed by atoms with Crippen molar-refractivity contribution in [3.63, 3.8) is 0 Å². The molecule has 1 N–H and O–H groups in total. The van der Waals surface area contributed by atoms with Gasteiger partial charge in [-0.1, -0.05) is 56.3 Å². The molecule has 4 nitrogen and oxygen atoms in total. The summed E-state index contributed by atoms with van der Waals surface area (Å²) in [6.07, 6.45) is 0.485. The molecule has 26 heavy (non-hydrogen) atoms. The van der Waals surface area contributed by atoms with E-state index in [4.69, 9.17) is 4.74 Å². The van der Waals surface area contributed by atoms with Crippen molar-refractivity contribution in [2.24, 2.45) is 5.92 Å². The van der Waals surface area contributed by atoms with Crippen LogP contribution in [0.15, 0.2) is 54.6 Å². The second kappa shape index (κ2) is 8.86. The molecule has 138 valence electrons. The summed E-state index contributed by atoms with van der Waals surface area (Å²) in [7, 11) is 0. The van der Waals surface area contributed by atoms with Crippen LogP contribution >= 0.6 is 0 Å². The SMILES string of the molecule is CC(C)C(CC(=O)Nc1ccccc1N1CCOCC1)c1ccccc1. The number of rotatable bonds is 6. The Morgan fingerprint density at radius 1 is 1.04 bits per heavy atom. The zero-order chi connectivity index (χ0) is 18.4. The van der Waals surface area contributed by atoms with Gasteiger partial charge >= 0.3 is 0 Å². The van der Waals surface area contributed by atoms with E-state index in [9.17, 15) is 4.79 Å². The Kier molecular flexibility index (Phi) is 6.29. The van der Waals surface area contributed by atoms with Crippen molar-refractivity contribution in [1.82, 2.24) is 0 Å². The van der Waals surface area contributed by atoms with E-state index in [1.165, 1.54) is 5.56 Å². The number of carbonyl (C=O) groups excluding carboxylic acids is 1. The quantitative estimate of drug-likeness (QED) is 0.843. The second-order valence-electron chi connectivity index (χ2n) is 7.13. The number of nitrogens with one attached hydrogen (secondary N) is 1. The van der Waals surface area contributed by atoms with Crippen LogP contribution in [0.1, 0.15) is 31.7 Å². The lowest BCUT2D eigenvalue weighted by Crippen LogP contribution is -2.36. The number of morpholine rings is 1. The average molecular weight is 352 g/mol. The lowest BCUT2D eigenvalue weighted by Gasteiger charge is -2.30. The van der Waals surface area contributed by atoms with Crippen LogP contribution in [0.25, 0.3) is 0 Å². The minimum absolute atomic E-state index is 0.0632. The van der Waals surface area contributed by atoms with E-state index in [-0.39, 0.29) is 11.8 Å². The molecule has 4 heteroatoms. The molecule has 0 radical (unpaired) electrons. The monoisotopic (exact) mass is 352 g/mol. The summed E-state index contributed by atoms with van der Waals surface area (Å²) < 4.78 is 5.44. The largest absolute Gasteiger partial charge is 0.378 e. The van der Waals surface area contributed by atoms with Crippen molar-refractivity contribution in [2.75, 3.05) is 36.5 Å². The Morgan fingerprint density at radius 2 is 1.69 bits per heavy atom. The fraction of sp³-hybridized carbons (Fsp3) is 0.409. The van der Waals surface area contributed by atoms with Gasteiger partial charge < -0.3 is 15.0 Å². The topological polar surface area (TPSA) is 41.6 Å². The minimum Gasteiger partial charge on any atom is -0.378 e. The molecule has 1 saturated heterocycles. The molecule has 0 saturated carbocycles. The van der Waals surface area contributed by atoms with Crippen LogP contribution in [0.5, 0.6) is 0 Å². The predicted molar refractivity (Wildman–Crippen MR) is 107 cm³/mol. The highest BCUT2D eigenvalue weighted by molar-refractivity contribution is 5.94. The molecule has 2 aromatic carbocycles. The highest BCUT2D eigenvalue weighted by Crippen LogP contribution is 2.30. The molecule has 0 aromatic heterocycles. The summed E-state index contributed by atoms with van der Waals surface area (Å²) in [6, 6.07) is 18.3. The normalized spacial score (nSPS) is 15.7. The van der Waals surface area contributed by atoms with Gasteiger partial charge in [-0.05, 0) is 29.5 Å². The number of anilines is 2. The summed E-state index contributed by atoms with van der Waals surface area (Å²) in [5, 5.41) is 3.14. The summed E-state index contributed by atoms with van der Waals surface area (Å²) >= 11 is 0. The van der Waals surface area contributed by atoms with E-state index in [2.05, 4.69) is 42.3 Å². The molecule has 1 fully saturated rings. The van der Waals surface area contributed by atoms with Crippen molar-refractivity contribution >= 4 is 17.3 Å². The highest BCUT2D eigenvalue weighted by Gasteiger charge is 2.21. The number of para-hydroxylation sites is 2. The van der Waals surface area contributed by atoms with Crippen LogP contribution in [-0.4, -0.2) is 32.2 Å². The lowest BCUT2D eigenvalue weighted by molar-refractivity contribution is -0.116. The van der Waals surface area contributed by atoms with Gasteiger partial charge in [0.05, 0.1) is 24.6 Å². The van der Waals surface area contributed by atoms with Crippen LogP contribution in [0, 0.1) is 5.92 Å². The Labute approximate surface area is 156 Å². The maximum atomic E-state index is 12.8. The van der Waals surface area contributed by atoms with Crippen LogP contribution in [-0.2, 0) is 9.53 Å². The molecule has 1 aliphatic heterocycles. The number of ether oxygens (including phenoxy) is 1. The van der Waals surface area contributed by atoms with E-state index in [0.717, 1.165) is 37.7 Å². The fourth-order valence-electron chi connectivity index (χ4n) is 3.50. The number of benzene rings is 2. The lowest BCUT2D eigenvalue weighted by atomic mass is 9.85. The third-order valence-corrected chi connectivity index (χ3v) is 4.97. The average Bonchev–Trinajstić information content (AvgIpc) is 2.68. The minimum atomic E-state index is 0.0632. The first-order valence-electron chi connectivity index (χ1n) is 9.41. The van der Waals surface area contributed by atoms with Gasteiger partial charge in [0, 0.05) is 19.5 Å². The zero-order valence-electron chi connectivity index (χ0n) is 15.7. The molecule has 2 aromatic rings. The zero-order valence-corrected chi connectivity index (χ0v) is 15.7. The van der Waals surface area contributed by atoms with Crippen molar-refractivity contribution in [3.8, 4) is 0 Å². The van der Waals surface area contributed by atoms with Gasteiger partial charge in [-0.3, -0.25) is 4.79 Å². The van der Waals surface area contributed by atoms with E-state index in [1.54, 1.807) is 0 Å². The standard InChI is InChI=1S/C22H28N2O2/c1-17(2)19(18-8-4-3-5-9-18)16-22(25)23-20-10-6-7-11-21(20)24-12-14-26-15-13-24/h3-11,17,19H,12-16H2,1-2H3,(H,23,25). The predicted octanol–water partition coefficient (Wildman–Crippen LogP) is 4.29. The first kappa shape index (κ1) is 18.5. The number of amides is 1. The smallest absolute Gasteiger partial charge is 0.225 e. The summed E-state index contributed by atoms with van der Waals surface area (Å²) in [6.45, 7) is 7.51. The summed E-state index contributed by atoms with van der Waals surface area (Å²) in [5.74, 6) is 0.678. The third-order valence-electron chi connectivity index (χ3n) is 4.97. The van der Waals surface area contributed by atoms with E-state index in [0.29, 0.717) is 12.3 Å². The van der Waals surface area contributed by atoms with E-state index >= 15 is 0 Å². The van der Waals surface area contributed by atoms with Crippen molar-refractivity contribution in [2.45, 2.75) is 26.2 Å². The summed E-state index contributed by atoms with van der Waals surface area (Å²) in [5.41, 5.74) is 3.18. The molecule has 3 rings (SSSR count). The Bertz CT molecular complexity index is 709. The van der Waals surface area contributed by atoms with Crippen molar-refractivity contribution < 1.29 is 9.53 Å². The number of hydrogen-bond acceptors (Lipinski definition) is 3. The van der Waals surface area contributed by atoms with Gasteiger partial charge in [0.1, 0.15) is 0 Å². The first-order valence-corrected chi connectivity index (χ1v) is 9.41. The van der Waals surface area contributed by atoms with Gasteiger partial charge in [0.25, 0.3) is 0 Å². The van der Waals surface area contributed by atoms with Crippen molar-refractivity contribution in [3.05, 3.63) is 60.2 Å². The molecule has 1 atom stereocenters. The Balaban J connectivity index is 1.71.